The minimum absolute atomic E-state index is 0.0633. The van der Waals surface area contributed by atoms with E-state index in [4.69, 9.17) is 4.74 Å². The molecule has 106 valence electrons. The smallest absolute Gasteiger partial charge is 0.338 e. The molecule has 0 unspecified atom stereocenters. The largest absolute Gasteiger partial charge is 0.462 e. The zero-order valence-corrected chi connectivity index (χ0v) is 11.7. The number of aliphatic hydroxyl groups excluding tert-OH is 1. The fourth-order valence-corrected chi connectivity index (χ4v) is 1.81. The lowest BCUT2D eigenvalue weighted by atomic mass is 10.1. The average molecular weight is 265 g/mol. The van der Waals surface area contributed by atoms with Crippen molar-refractivity contribution >= 4 is 11.7 Å². The summed E-state index contributed by atoms with van der Waals surface area (Å²) in [5, 5.41) is 12.5. The van der Waals surface area contributed by atoms with Gasteiger partial charge in [0.15, 0.2) is 0 Å². The van der Waals surface area contributed by atoms with Gasteiger partial charge in [-0.15, -0.1) is 0 Å². The summed E-state index contributed by atoms with van der Waals surface area (Å²) in [6, 6.07) is 7.19. The van der Waals surface area contributed by atoms with Crippen LogP contribution in [0, 0.1) is 0 Å². The molecule has 0 aliphatic rings. The molecule has 0 aliphatic heterocycles. The van der Waals surface area contributed by atoms with Gasteiger partial charge in [0, 0.05) is 11.7 Å². The van der Waals surface area contributed by atoms with E-state index < -0.39 is 0 Å². The first-order valence-corrected chi connectivity index (χ1v) is 6.85. The van der Waals surface area contributed by atoms with Crippen molar-refractivity contribution in [1.29, 1.82) is 0 Å². The summed E-state index contributed by atoms with van der Waals surface area (Å²) in [5.41, 5.74) is 1.45. The van der Waals surface area contributed by atoms with Crippen LogP contribution in [0.2, 0.25) is 0 Å². The summed E-state index contributed by atoms with van der Waals surface area (Å²) in [6.07, 6.45) is 3.13. The molecule has 0 fully saturated rings. The van der Waals surface area contributed by atoms with E-state index in [-0.39, 0.29) is 18.6 Å². The van der Waals surface area contributed by atoms with Gasteiger partial charge in [-0.25, -0.2) is 4.79 Å². The molecule has 4 nitrogen and oxygen atoms in total. The van der Waals surface area contributed by atoms with Crippen molar-refractivity contribution in [2.45, 2.75) is 39.2 Å². The van der Waals surface area contributed by atoms with E-state index in [2.05, 4.69) is 12.2 Å². The molecule has 0 saturated heterocycles. The fourth-order valence-electron chi connectivity index (χ4n) is 1.81. The van der Waals surface area contributed by atoms with E-state index in [1.807, 2.05) is 12.1 Å². The van der Waals surface area contributed by atoms with Crippen molar-refractivity contribution < 1.29 is 14.6 Å². The normalized spacial score (nSPS) is 11.9. The Hall–Kier alpha value is -1.55. The second-order valence-corrected chi connectivity index (χ2v) is 4.46. The Balaban J connectivity index is 2.57. The van der Waals surface area contributed by atoms with Crippen LogP contribution in [0.4, 0.5) is 5.69 Å². The summed E-state index contributed by atoms with van der Waals surface area (Å²) in [7, 11) is 0. The maximum atomic E-state index is 11.5. The molecule has 0 aromatic heterocycles. The zero-order valence-electron chi connectivity index (χ0n) is 11.7. The van der Waals surface area contributed by atoms with Gasteiger partial charge < -0.3 is 15.2 Å². The lowest BCUT2D eigenvalue weighted by molar-refractivity contribution is 0.0526. The molecule has 0 heterocycles. The molecular formula is C15H23NO3. The van der Waals surface area contributed by atoms with Crippen molar-refractivity contribution in [2.24, 2.45) is 0 Å². The Morgan fingerprint density at radius 1 is 1.32 bits per heavy atom. The van der Waals surface area contributed by atoms with Gasteiger partial charge in [-0.05, 0) is 37.6 Å². The first-order chi connectivity index (χ1) is 9.21. The van der Waals surface area contributed by atoms with Crippen LogP contribution in [0.3, 0.4) is 0 Å². The third-order valence-electron chi connectivity index (χ3n) is 2.89. The molecule has 0 amide bonds. The number of esters is 1. The van der Waals surface area contributed by atoms with Crippen molar-refractivity contribution in [2.75, 3.05) is 18.5 Å². The fraction of sp³-hybridized carbons (Fsp3) is 0.533. The van der Waals surface area contributed by atoms with E-state index >= 15 is 0 Å². The SMILES string of the molecule is CCCC[C@@H](CO)Nc1ccc(C(=O)OCC)cc1. The highest BCUT2D eigenvalue weighted by Crippen LogP contribution is 2.13. The number of hydrogen-bond donors (Lipinski definition) is 2. The predicted octanol–water partition coefficient (Wildman–Crippen LogP) is 2.83. The van der Waals surface area contributed by atoms with Crippen LogP contribution in [-0.2, 0) is 4.74 Å². The molecule has 2 N–H and O–H groups in total. The standard InChI is InChI=1S/C15H23NO3/c1-3-5-6-14(11-17)16-13-9-7-12(8-10-13)15(18)19-4-2/h7-10,14,16-17H,3-6,11H2,1-2H3/t14-/m0/s1. The van der Waals surface area contributed by atoms with Crippen LogP contribution < -0.4 is 5.32 Å². The number of carbonyl (C=O) groups is 1. The monoisotopic (exact) mass is 265 g/mol. The van der Waals surface area contributed by atoms with Gasteiger partial charge in [0.1, 0.15) is 0 Å². The van der Waals surface area contributed by atoms with Gasteiger partial charge in [-0.2, -0.15) is 0 Å². The summed E-state index contributed by atoms with van der Waals surface area (Å²) in [6.45, 7) is 4.40. The first kappa shape index (κ1) is 15.5. The molecular weight excluding hydrogens is 242 g/mol. The molecule has 1 aromatic rings. The number of unbranched alkanes of at least 4 members (excludes halogenated alkanes) is 1. The maximum absolute atomic E-state index is 11.5. The molecule has 0 spiro atoms. The molecule has 0 bridgehead atoms. The summed E-state index contributed by atoms with van der Waals surface area (Å²) in [5.74, 6) is -0.307. The highest BCUT2D eigenvalue weighted by atomic mass is 16.5. The average Bonchev–Trinajstić information content (AvgIpc) is 2.44. The van der Waals surface area contributed by atoms with Gasteiger partial charge in [0.2, 0.25) is 0 Å². The van der Waals surface area contributed by atoms with Gasteiger partial charge in [-0.1, -0.05) is 19.8 Å². The van der Waals surface area contributed by atoms with Crippen LogP contribution in [-0.4, -0.2) is 30.3 Å². The number of nitrogens with one attached hydrogen (secondary N) is 1. The molecule has 0 saturated carbocycles. The highest BCUT2D eigenvalue weighted by Gasteiger charge is 2.08. The zero-order chi connectivity index (χ0) is 14.1. The van der Waals surface area contributed by atoms with Gasteiger partial charge in [0.05, 0.1) is 18.8 Å². The molecule has 1 atom stereocenters. The highest BCUT2D eigenvalue weighted by molar-refractivity contribution is 5.89. The lowest BCUT2D eigenvalue weighted by Crippen LogP contribution is -2.23. The van der Waals surface area contributed by atoms with Crippen molar-refractivity contribution in [1.82, 2.24) is 0 Å². The first-order valence-electron chi connectivity index (χ1n) is 6.85. The lowest BCUT2D eigenvalue weighted by Gasteiger charge is -2.17. The number of hydrogen-bond acceptors (Lipinski definition) is 4. The number of rotatable bonds is 8. The Morgan fingerprint density at radius 3 is 2.53 bits per heavy atom. The molecule has 0 aliphatic carbocycles. The molecule has 0 radical (unpaired) electrons. The Kier molecular flexibility index (Phi) is 6.97. The van der Waals surface area contributed by atoms with Gasteiger partial charge in [-0.3, -0.25) is 0 Å². The molecule has 19 heavy (non-hydrogen) atoms. The third-order valence-corrected chi connectivity index (χ3v) is 2.89. The number of benzene rings is 1. The molecule has 1 aromatic carbocycles. The second-order valence-electron chi connectivity index (χ2n) is 4.46. The topological polar surface area (TPSA) is 58.6 Å². The predicted molar refractivity (Wildman–Crippen MR) is 76.4 cm³/mol. The van der Waals surface area contributed by atoms with E-state index in [0.29, 0.717) is 12.2 Å². The van der Waals surface area contributed by atoms with Crippen molar-refractivity contribution in [3.63, 3.8) is 0 Å². The Labute approximate surface area is 114 Å². The number of carbonyl (C=O) groups excluding carboxylic acids is 1. The van der Waals surface area contributed by atoms with Crippen LogP contribution in [0.1, 0.15) is 43.5 Å². The van der Waals surface area contributed by atoms with E-state index in [9.17, 15) is 9.90 Å². The van der Waals surface area contributed by atoms with Crippen LogP contribution >= 0.6 is 0 Å². The summed E-state index contributed by atoms with van der Waals surface area (Å²) >= 11 is 0. The minimum atomic E-state index is -0.307. The van der Waals surface area contributed by atoms with Gasteiger partial charge >= 0.3 is 5.97 Å². The van der Waals surface area contributed by atoms with E-state index in [0.717, 1.165) is 24.9 Å². The van der Waals surface area contributed by atoms with Crippen LogP contribution in [0.5, 0.6) is 0 Å². The van der Waals surface area contributed by atoms with Crippen molar-refractivity contribution in [3.05, 3.63) is 29.8 Å². The third kappa shape index (κ3) is 5.30. The van der Waals surface area contributed by atoms with Gasteiger partial charge in [0.25, 0.3) is 0 Å². The van der Waals surface area contributed by atoms with E-state index in [1.54, 1.807) is 19.1 Å². The molecule has 4 heteroatoms. The minimum Gasteiger partial charge on any atom is -0.462 e. The number of ether oxygens (including phenoxy) is 1. The molecule has 1 rings (SSSR count). The maximum Gasteiger partial charge on any atom is 0.338 e. The van der Waals surface area contributed by atoms with Crippen LogP contribution in [0.25, 0.3) is 0 Å². The van der Waals surface area contributed by atoms with Crippen LogP contribution in [0.15, 0.2) is 24.3 Å². The number of anilines is 1. The second kappa shape index (κ2) is 8.53. The summed E-state index contributed by atoms with van der Waals surface area (Å²) < 4.78 is 4.92. The van der Waals surface area contributed by atoms with E-state index in [1.165, 1.54) is 0 Å². The van der Waals surface area contributed by atoms with Crippen molar-refractivity contribution in [3.8, 4) is 0 Å². The number of aliphatic hydroxyl groups is 1. The Bertz CT molecular complexity index is 375. The summed E-state index contributed by atoms with van der Waals surface area (Å²) in [4.78, 5) is 11.5. The Morgan fingerprint density at radius 2 is 2.00 bits per heavy atom. The quantitative estimate of drug-likeness (QED) is 0.710.